The Balaban J connectivity index is 1.60. The summed E-state index contributed by atoms with van der Waals surface area (Å²) in [7, 11) is -1.60. The number of hydrogen-bond acceptors (Lipinski definition) is 4. The molecular weight excluding hydrogens is 317 g/mol. The first-order valence-corrected chi connectivity index (χ1v) is 9.48. The second kappa shape index (κ2) is 6.47. The largest absolute Gasteiger partial charge is 0.304 e. The molecule has 7 heteroatoms. The Morgan fingerprint density at radius 3 is 2.43 bits per heavy atom. The summed E-state index contributed by atoms with van der Waals surface area (Å²) < 4.78 is 40.6. The van der Waals surface area contributed by atoms with Crippen LogP contribution < -0.4 is 0 Å². The van der Waals surface area contributed by atoms with Crippen molar-refractivity contribution < 1.29 is 12.8 Å². The van der Waals surface area contributed by atoms with Crippen LogP contribution in [0.3, 0.4) is 0 Å². The van der Waals surface area contributed by atoms with Crippen molar-refractivity contribution in [3.05, 3.63) is 29.6 Å². The fraction of sp³-hybridized carbons (Fsp3) is 0.625. The van der Waals surface area contributed by atoms with Crippen LogP contribution in [-0.2, 0) is 10.0 Å². The topological polar surface area (TPSA) is 43.9 Å². The summed E-state index contributed by atoms with van der Waals surface area (Å²) in [5, 5.41) is 0. The van der Waals surface area contributed by atoms with Crippen LogP contribution in [0.4, 0.5) is 4.39 Å². The molecule has 1 aromatic rings. The molecule has 0 amide bonds. The zero-order valence-corrected chi connectivity index (χ0v) is 14.5. The van der Waals surface area contributed by atoms with Crippen LogP contribution in [0.25, 0.3) is 0 Å². The van der Waals surface area contributed by atoms with Crippen molar-refractivity contribution in [2.75, 3.05) is 52.9 Å². The normalized spacial score (nSPS) is 22.2. The standard InChI is InChI=1S/C16H24FN3O2S/c1-13-4-3-5-15(17)16(13)23(21,22)20-11-14(12-20)10-19-8-6-18(2)7-9-19/h3-5,14H,6-12H2,1-2H3. The zero-order valence-electron chi connectivity index (χ0n) is 13.7. The predicted octanol–water partition coefficient (Wildman–Crippen LogP) is 1.00. The van der Waals surface area contributed by atoms with E-state index in [1.54, 1.807) is 13.0 Å². The number of sulfonamides is 1. The molecule has 5 nitrogen and oxygen atoms in total. The van der Waals surface area contributed by atoms with Gasteiger partial charge in [0.2, 0.25) is 10.0 Å². The molecule has 0 saturated carbocycles. The van der Waals surface area contributed by atoms with Crippen molar-refractivity contribution in [1.29, 1.82) is 0 Å². The molecule has 3 rings (SSSR count). The van der Waals surface area contributed by atoms with E-state index in [4.69, 9.17) is 0 Å². The molecule has 0 aliphatic carbocycles. The Morgan fingerprint density at radius 2 is 1.83 bits per heavy atom. The van der Waals surface area contributed by atoms with Gasteiger partial charge in [-0.1, -0.05) is 12.1 Å². The van der Waals surface area contributed by atoms with Gasteiger partial charge in [0.1, 0.15) is 10.7 Å². The monoisotopic (exact) mass is 341 g/mol. The zero-order chi connectivity index (χ0) is 16.6. The van der Waals surface area contributed by atoms with Gasteiger partial charge in [-0.2, -0.15) is 4.31 Å². The van der Waals surface area contributed by atoms with E-state index in [0.717, 1.165) is 32.7 Å². The van der Waals surface area contributed by atoms with Gasteiger partial charge in [-0.05, 0) is 31.5 Å². The third-order valence-corrected chi connectivity index (χ3v) is 6.81. The van der Waals surface area contributed by atoms with Crippen molar-refractivity contribution in [3.63, 3.8) is 0 Å². The molecule has 2 saturated heterocycles. The lowest BCUT2D eigenvalue weighted by Gasteiger charge is -2.42. The van der Waals surface area contributed by atoms with Crippen LogP contribution in [0.5, 0.6) is 0 Å². The molecule has 2 aliphatic rings. The molecule has 0 unspecified atom stereocenters. The Morgan fingerprint density at radius 1 is 1.17 bits per heavy atom. The lowest BCUT2D eigenvalue weighted by Crippen LogP contribution is -2.56. The first kappa shape index (κ1) is 16.8. The van der Waals surface area contributed by atoms with Crippen molar-refractivity contribution in [1.82, 2.24) is 14.1 Å². The maximum absolute atomic E-state index is 14.0. The van der Waals surface area contributed by atoms with E-state index in [1.807, 2.05) is 0 Å². The Hall–Kier alpha value is -1.02. The molecule has 0 atom stereocenters. The molecule has 128 valence electrons. The van der Waals surface area contributed by atoms with E-state index in [9.17, 15) is 12.8 Å². The number of likely N-dealkylation sites (N-methyl/N-ethyl adjacent to an activating group) is 1. The molecule has 23 heavy (non-hydrogen) atoms. The number of nitrogens with zero attached hydrogens (tertiary/aromatic N) is 3. The minimum absolute atomic E-state index is 0.168. The first-order chi connectivity index (χ1) is 10.9. The van der Waals surface area contributed by atoms with Crippen molar-refractivity contribution in [2.24, 2.45) is 5.92 Å². The number of benzene rings is 1. The number of hydrogen-bond donors (Lipinski definition) is 0. The van der Waals surface area contributed by atoms with E-state index in [0.29, 0.717) is 24.6 Å². The highest BCUT2D eigenvalue weighted by atomic mass is 32.2. The summed E-state index contributed by atoms with van der Waals surface area (Å²) in [6, 6.07) is 4.38. The van der Waals surface area contributed by atoms with Crippen LogP contribution in [-0.4, -0.2) is 75.4 Å². The van der Waals surface area contributed by atoms with Gasteiger partial charge in [-0.3, -0.25) is 0 Å². The van der Waals surface area contributed by atoms with Crippen LogP contribution in [0, 0.1) is 18.7 Å². The minimum atomic E-state index is -3.71. The van der Waals surface area contributed by atoms with Crippen LogP contribution in [0.2, 0.25) is 0 Å². The second-order valence-corrected chi connectivity index (χ2v) is 8.55. The molecule has 0 spiro atoms. The van der Waals surface area contributed by atoms with E-state index >= 15 is 0 Å². The average Bonchev–Trinajstić information content (AvgIpc) is 2.43. The Kier molecular flexibility index (Phi) is 4.73. The second-order valence-electron chi connectivity index (χ2n) is 6.68. The molecule has 2 fully saturated rings. The quantitative estimate of drug-likeness (QED) is 0.820. The third kappa shape index (κ3) is 3.42. The molecule has 0 bridgehead atoms. The van der Waals surface area contributed by atoms with Gasteiger partial charge in [0.15, 0.2) is 0 Å². The summed E-state index contributed by atoms with van der Waals surface area (Å²) in [6.07, 6.45) is 0. The number of piperazine rings is 1. The fourth-order valence-electron chi connectivity index (χ4n) is 3.30. The van der Waals surface area contributed by atoms with Crippen LogP contribution >= 0.6 is 0 Å². The number of aryl methyl sites for hydroxylation is 1. The van der Waals surface area contributed by atoms with Gasteiger partial charge in [-0.25, -0.2) is 12.8 Å². The molecule has 0 aromatic heterocycles. The number of halogens is 1. The van der Waals surface area contributed by atoms with Crippen molar-refractivity contribution >= 4 is 10.0 Å². The highest BCUT2D eigenvalue weighted by Gasteiger charge is 2.39. The Labute approximate surface area is 137 Å². The molecule has 2 aliphatic heterocycles. The van der Waals surface area contributed by atoms with E-state index in [-0.39, 0.29) is 4.90 Å². The summed E-state index contributed by atoms with van der Waals surface area (Å²) >= 11 is 0. The predicted molar refractivity (Wildman–Crippen MR) is 87.3 cm³/mol. The van der Waals surface area contributed by atoms with Gasteiger partial charge in [0.25, 0.3) is 0 Å². The molecule has 1 aromatic carbocycles. The molecule has 0 radical (unpaired) electrons. The smallest absolute Gasteiger partial charge is 0.246 e. The minimum Gasteiger partial charge on any atom is -0.304 e. The molecule has 0 N–H and O–H groups in total. The lowest BCUT2D eigenvalue weighted by atomic mass is 10.0. The summed E-state index contributed by atoms with van der Waals surface area (Å²) in [6.45, 7) is 7.73. The highest BCUT2D eigenvalue weighted by Crippen LogP contribution is 2.29. The Bertz CT molecular complexity index is 646. The van der Waals surface area contributed by atoms with E-state index in [2.05, 4.69) is 16.8 Å². The van der Waals surface area contributed by atoms with E-state index < -0.39 is 15.8 Å². The molecular formula is C16H24FN3O2S. The van der Waals surface area contributed by atoms with E-state index in [1.165, 1.54) is 16.4 Å². The summed E-state index contributed by atoms with van der Waals surface area (Å²) in [4.78, 5) is 4.52. The maximum Gasteiger partial charge on any atom is 0.246 e. The van der Waals surface area contributed by atoms with Gasteiger partial charge in [0, 0.05) is 45.8 Å². The first-order valence-electron chi connectivity index (χ1n) is 8.04. The van der Waals surface area contributed by atoms with Crippen LogP contribution in [0.15, 0.2) is 23.1 Å². The summed E-state index contributed by atoms with van der Waals surface area (Å²) in [5.74, 6) is -0.312. The van der Waals surface area contributed by atoms with Gasteiger partial charge in [0.05, 0.1) is 0 Å². The number of rotatable bonds is 4. The van der Waals surface area contributed by atoms with Crippen molar-refractivity contribution in [3.8, 4) is 0 Å². The fourth-order valence-corrected chi connectivity index (χ4v) is 5.16. The third-order valence-electron chi connectivity index (χ3n) is 4.80. The molecule has 2 heterocycles. The van der Waals surface area contributed by atoms with Crippen LogP contribution in [0.1, 0.15) is 5.56 Å². The SMILES string of the molecule is Cc1cccc(F)c1S(=O)(=O)N1CC(CN2CCN(C)CC2)C1. The highest BCUT2D eigenvalue weighted by molar-refractivity contribution is 7.89. The van der Waals surface area contributed by atoms with Gasteiger partial charge in [-0.15, -0.1) is 0 Å². The lowest BCUT2D eigenvalue weighted by molar-refractivity contribution is 0.0939. The summed E-state index contributed by atoms with van der Waals surface area (Å²) in [5.41, 5.74) is 0.465. The van der Waals surface area contributed by atoms with Gasteiger partial charge < -0.3 is 9.80 Å². The maximum atomic E-state index is 14.0. The van der Waals surface area contributed by atoms with Gasteiger partial charge >= 0.3 is 0 Å². The van der Waals surface area contributed by atoms with Crippen molar-refractivity contribution in [2.45, 2.75) is 11.8 Å². The average molecular weight is 341 g/mol.